The lowest BCUT2D eigenvalue weighted by molar-refractivity contribution is 0.102. The minimum atomic E-state index is -0.165. The molecule has 3 heterocycles. The molecule has 1 amide bonds. The van der Waals surface area contributed by atoms with Gasteiger partial charge in [-0.1, -0.05) is 24.0 Å². The van der Waals surface area contributed by atoms with Crippen molar-refractivity contribution in [2.45, 2.75) is 20.4 Å². The highest BCUT2D eigenvalue weighted by Gasteiger charge is 2.15. The lowest BCUT2D eigenvalue weighted by Gasteiger charge is -2.32. The molecule has 0 spiro atoms. The molecule has 5 rings (SSSR count). The van der Waals surface area contributed by atoms with E-state index in [0.717, 1.165) is 66.1 Å². The number of benzene rings is 2. The van der Waals surface area contributed by atoms with Crippen LogP contribution in [0.15, 0.2) is 48.9 Å². The van der Waals surface area contributed by atoms with Crippen molar-refractivity contribution < 1.29 is 4.79 Å². The van der Waals surface area contributed by atoms with Crippen LogP contribution in [0.3, 0.4) is 0 Å². The number of carbonyl (C=O) groups is 1. The Morgan fingerprint density at radius 3 is 2.50 bits per heavy atom. The second-order valence-corrected chi connectivity index (χ2v) is 10.1. The summed E-state index contributed by atoms with van der Waals surface area (Å²) in [6, 6.07) is 11.7. The monoisotopic (exact) mass is 507 g/mol. The zero-order valence-corrected chi connectivity index (χ0v) is 22.4. The fraction of sp³-hybridized carbons (Fsp3) is 0.300. The molecule has 2 aromatic heterocycles. The summed E-state index contributed by atoms with van der Waals surface area (Å²) in [5, 5.41) is 3.78. The third-order valence-corrected chi connectivity index (χ3v) is 7.20. The summed E-state index contributed by atoms with van der Waals surface area (Å²) in [6.45, 7) is 9.37. The summed E-state index contributed by atoms with van der Waals surface area (Å²) in [7, 11) is 4.07. The van der Waals surface area contributed by atoms with Gasteiger partial charge in [0.15, 0.2) is 0 Å². The molecule has 1 fully saturated rings. The Balaban J connectivity index is 1.32. The number of nitrogen functional groups attached to an aromatic ring is 1. The first kappa shape index (κ1) is 25.5. The van der Waals surface area contributed by atoms with Crippen molar-refractivity contribution in [3.05, 3.63) is 82.3 Å². The van der Waals surface area contributed by atoms with E-state index >= 15 is 0 Å². The van der Waals surface area contributed by atoms with Crippen LogP contribution in [0, 0.1) is 25.7 Å². The van der Waals surface area contributed by atoms with Gasteiger partial charge in [0.05, 0.1) is 10.9 Å². The lowest BCUT2D eigenvalue weighted by Crippen LogP contribution is -2.43. The number of rotatable bonds is 4. The van der Waals surface area contributed by atoms with Crippen LogP contribution >= 0.6 is 0 Å². The van der Waals surface area contributed by atoms with E-state index in [1.165, 1.54) is 17.5 Å². The third kappa shape index (κ3) is 5.40. The Labute approximate surface area is 223 Å². The number of piperazine rings is 1. The van der Waals surface area contributed by atoms with E-state index in [1.807, 2.05) is 55.1 Å². The number of aromatic nitrogens is 3. The first-order valence-electron chi connectivity index (χ1n) is 12.8. The number of nitrogens with one attached hydrogen (secondary N) is 1. The highest BCUT2D eigenvalue weighted by molar-refractivity contribution is 6.04. The molecule has 0 bridgehead atoms. The van der Waals surface area contributed by atoms with Gasteiger partial charge < -0.3 is 20.5 Å². The van der Waals surface area contributed by atoms with Crippen LogP contribution < -0.4 is 11.1 Å². The zero-order valence-electron chi connectivity index (χ0n) is 22.4. The maximum absolute atomic E-state index is 13.1. The molecular formula is C30H33N7O. The zero-order chi connectivity index (χ0) is 26.8. The van der Waals surface area contributed by atoms with Crippen LogP contribution in [0.5, 0.6) is 0 Å². The first-order chi connectivity index (χ1) is 18.3. The van der Waals surface area contributed by atoms with Crippen molar-refractivity contribution in [1.29, 1.82) is 0 Å². The molecule has 1 saturated heterocycles. The minimum absolute atomic E-state index is 0.165. The highest BCUT2D eigenvalue weighted by atomic mass is 16.1. The Morgan fingerprint density at radius 2 is 1.74 bits per heavy atom. The molecule has 0 saturated carbocycles. The topological polar surface area (TPSA) is 92.3 Å². The van der Waals surface area contributed by atoms with Crippen LogP contribution in [0.4, 0.5) is 11.5 Å². The van der Waals surface area contributed by atoms with Crippen molar-refractivity contribution in [3.8, 4) is 11.8 Å². The molecule has 0 unspecified atom stereocenters. The number of hydrogen-bond acceptors (Lipinski definition) is 6. The number of nitrogens with two attached hydrogens (primary N) is 1. The molecule has 194 valence electrons. The number of amides is 1. The van der Waals surface area contributed by atoms with Crippen molar-refractivity contribution in [2.24, 2.45) is 7.05 Å². The number of hydrogen-bond donors (Lipinski definition) is 2. The normalized spacial score (nSPS) is 14.3. The van der Waals surface area contributed by atoms with Crippen LogP contribution in [-0.2, 0) is 13.6 Å². The predicted molar refractivity (Wildman–Crippen MR) is 152 cm³/mol. The van der Waals surface area contributed by atoms with Crippen LogP contribution in [0.2, 0.25) is 0 Å². The molecule has 4 aromatic rings. The molecule has 3 N–H and O–H groups in total. The maximum atomic E-state index is 13.1. The van der Waals surface area contributed by atoms with Crippen LogP contribution in [0.25, 0.3) is 11.0 Å². The molecular weight excluding hydrogens is 474 g/mol. The Morgan fingerprint density at radius 1 is 0.974 bits per heavy atom. The SMILES string of the molecule is Cc1ccc(C(=O)Nc2ccc(CN3CCN(C)CC3)c(C)c2)cc1C#Cc1cn(C)c2ncnc(N)c12. The number of anilines is 2. The van der Waals surface area contributed by atoms with Gasteiger partial charge in [-0.25, -0.2) is 9.97 Å². The largest absolute Gasteiger partial charge is 0.383 e. The fourth-order valence-corrected chi connectivity index (χ4v) is 4.76. The molecule has 8 heteroatoms. The Hall–Kier alpha value is -4.19. The summed E-state index contributed by atoms with van der Waals surface area (Å²) < 4.78 is 1.88. The minimum Gasteiger partial charge on any atom is -0.383 e. The predicted octanol–water partition coefficient (Wildman–Crippen LogP) is 3.57. The molecule has 8 nitrogen and oxygen atoms in total. The second kappa shape index (κ2) is 10.7. The fourth-order valence-electron chi connectivity index (χ4n) is 4.76. The number of fused-ring (bicyclic) bond motifs is 1. The van der Waals surface area contributed by atoms with E-state index in [2.05, 4.69) is 57.0 Å². The van der Waals surface area contributed by atoms with Gasteiger partial charge in [0.1, 0.15) is 17.8 Å². The summed E-state index contributed by atoms with van der Waals surface area (Å²) in [5.41, 5.74) is 13.2. The average molecular weight is 508 g/mol. The van der Waals surface area contributed by atoms with Crippen molar-refractivity contribution >= 4 is 28.4 Å². The van der Waals surface area contributed by atoms with Gasteiger partial charge in [-0.15, -0.1) is 0 Å². The molecule has 0 radical (unpaired) electrons. The summed E-state index contributed by atoms with van der Waals surface area (Å²) in [6.07, 6.45) is 3.34. The van der Waals surface area contributed by atoms with E-state index in [9.17, 15) is 4.79 Å². The summed E-state index contributed by atoms with van der Waals surface area (Å²) >= 11 is 0. The van der Waals surface area contributed by atoms with E-state index in [4.69, 9.17) is 5.73 Å². The van der Waals surface area contributed by atoms with E-state index in [-0.39, 0.29) is 5.91 Å². The number of likely N-dealkylation sites (N-methyl/N-ethyl adjacent to an activating group) is 1. The second-order valence-electron chi connectivity index (χ2n) is 10.1. The molecule has 2 aromatic carbocycles. The van der Waals surface area contributed by atoms with Gasteiger partial charge >= 0.3 is 0 Å². The van der Waals surface area contributed by atoms with Gasteiger partial charge in [0.25, 0.3) is 5.91 Å². The standard InChI is InChI=1S/C30H33N7O/c1-20-5-6-23(16-22(20)7-8-25-17-36(4)29-27(25)28(31)32-19-33-29)30(38)34-26-10-9-24(21(2)15-26)18-37-13-11-35(3)12-14-37/h5-6,9-10,15-17,19H,11-14,18H2,1-4H3,(H,34,38)(H2,31,32,33). The van der Waals surface area contributed by atoms with Crippen LogP contribution in [-0.4, -0.2) is 63.5 Å². The van der Waals surface area contributed by atoms with E-state index in [1.54, 1.807) is 0 Å². The summed E-state index contributed by atoms with van der Waals surface area (Å²) in [4.78, 5) is 26.4. The number of aryl methyl sites for hydroxylation is 3. The van der Waals surface area contributed by atoms with Gasteiger partial charge in [0.2, 0.25) is 0 Å². The summed E-state index contributed by atoms with van der Waals surface area (Å²) in [5.74, 6) is 6.65. The van der Waals surface area contributed by atoms with Crippen molar-refractivity contribution in [3.63, 3.8) is 0 Å². The smallest absolute Gasteiger partial charge is 0.255 e. The molecule has 1 aliphatic heterocycles. The average Bonchev–Trinajstić information content (AvgIpc) is 3.23. The maximum Gasteiger partial charge on any atom is 0.255 e. The van der Waals surface area contributed by atoms with Gasteiger partial charge in [-0.05, 0) is 61.9 Å². The lowest BCUT2D eigenvalue weighted by atomic mass is 10.0. The first-order valence-corrected chi connectivity index (χ1v) is 12.8. The van der Waals surface area contributed by atoms with E-state index < -0.39 is 0 Å². The molecule has 1 aliphatic rings. The third-order valence-electron chi connectivity index (χ3n) is 7.20. The van der Waals surface area contributed by atoms with Gasteiger partial charge in [-0.2, -0.15) is 0 Å². The quantitative estimate of drug-likeness (QED) is 0.411. The van der Waals surface area contributed by atoms with Gasteiger partial charge in [0, 0.05) is 62.8 Å². The van der Waals surface area contributed by atoms with Crippen molar-refractivity contribution in [1.82, 2.24) is 24.3 Å². The number of nitrogens with zero attached hydrogens (tertiary/aromatic N) is 5. The molecule has 0 aliphatic carbocycles. The number of carbonyl (C=O) groups excluding carboxylic acids is 1. The van der Waals surface area contributed by atoms with Crippen molar-refractivity contribution in [2.75, 3.05) is 44.3 Å². The Kier molecular flexibility index (Phi) is 7.14. The molecule has 0 atom stereocenters. The van der Waals surface area contributed by atoms with Gasteiger partial charge in [-0.3, -0.25) is 9.69 Å². The van der Waals surface area contributed by atoms with Crippen LogP contribution in [0.1, 0.15) is 38.2 Å². The van der Waals surface area contributed by atoms with E-state index in [0.29, 0.717) is 11.4 Å². The Bertz CT molecular complexity index is 1570. The highest BCUT2D eigenvalue weighted by Crippen LogP contribution is 2.23. The molecule has 38 heavy (non-hydrogen) atoms.